The minimum Gasteiger partial charge on any atom is -0.351 e. The number of aromatic nitrogens is 4. The van der Waals surface area contributed by atoms with Gasteiger partial charge in [-0.2, -0.15) is 9.50 Å². The van der Waals surface area contributed by atoms with E-state index in [4.69, 9.17) is 0 Å². The summed E-state index contributed by atoms with van der Waals surface area (Å²) >= 11 is 0. The summed E-state index contributed by atoms with van der Waals surface area (Å²) < 4.78 is 1.38. The zero-order valence-electron chi connectivity index (χ0n) is 14.1. The predicted molar refractivity (Wildman–Crippen MR) is 96.5 cm³/mol. The molecule has 3 heterocycles. The Morgan fingerprint density at radius 3 is 2.68 bits per heavy atom. The first-order valence-corrected chi connectivity index (χ1v) is 8.77. The number of nitrogens with zero attached hydrogens (tertiary/aromatic N) is 4. The summed E-state index contributed by atoms with van der Waals surface area (Å²) in [7, 11) is 0. The molecule has 0 spiro atoms. The van der Waals surface area contributed by atoms with E-state index in [-0.39, 0.29) is 5.56 Å². The van der Waals surface area contributed by atoms with Gasteiger partial charge in [0, 0.05) is 19.2 Å². The third-order valence-corrected chi connectivity index (χ3v) is 4.52. The van der Waals surface area contributed by atoms with Gasteiger partial charge in [-0.05, 0) is 31.5 Å². The van der Waals surface area contributed by atoms with Crippen molar-refractivity contribution < 1.29 is 0 Å². The van der Waals surface area contributed by atoms with E-state index < -0.39 is 0 Å². The van der Waals surface area contributed by atoms with Crippen LogP contribution >= 0.6 is 0 Å². The number of hydrogen-bond donors (Lipinski definition) is 2. The third kappa shape index (κ3) is 3.71. The lowest BCUT2D eigenvalue weighted by Crippen LogP contribution is -2.30. The van der Waals surface area contributed by atoms with Crippen LogP contribution in [0.4, 0.5) is 5.95 Å². The molecule has 1 aliphatic rings. The van der Waals surface area contributed by atoms with Gasteiger partial charge in [-0.1, -0.05) is 36.8 Å². The molecular weight excluding hydrogens is 316 g/mol. The van der Waals surface area contributed by atoms with Crippen LogP contribution in [0, 0.1) is 0 Å². The highest BCUT2D eigenvalue weighted by atomic mass is 16.1. The molecule has 0 radical (unpaired) electrons. The molecule has 0 unspecified atom stereocenters. The minimum absolute atomic E-state index is 0.128. The van der Waals surface area contributed by atoms with Crippen LogP contribution in [0.25, 0.3) is 5.78 Å². The fourth-order valence-corrected chi connectivity index (χ4v) is 3.22. The maximum atomic E-state index is 12.3. The van der Waals surface area contributed by atoms with E-state index in [9.17, 15) is 4.79 Å². The van der Waals surface area contributed by atoms with Crippen LogP contribution in [0.5, 0.6) is 0 Å². The van der Waals surface area contributed by atoms with Crippen LogP contribution < -0.4 is 10.9 Å². The van der Waals surface area contributed by atoms with Crippen LogP contribution in [0.2, 0.25) is 0 Å². The highest BCUT2D eigenvalue weighted by Crippen LogP contribution is 2.12. The van der Waals surface area contributed by atoms with Gasteiger partial charge in [-0.25, -0.2) is 4.98 Å². The van der Waals surface area contributed by atoms with Gasteiger partial charge in [-0.15, -0.1) is 0 Å². The van der Waals surface area contributed by atoms with Crippen molar-refractivity contribution in [2.45, 2.75) is 32.4 Å². The molecule has 2 N–H and O–H groups in total. The van der Waals surface area contributed by atoms with Crippen LogP contribution in [-0.2, 0) is 13.1 Å². The largest absolute Gasteiger partial charge is 0.351 e. The molecular formula is C18H22N6O. The molecule has 1 saturated heterocycles. The molecule has 3 aromatic rings. The molecule has 0 saturated carbocycles. The highest BCUT2D eigenvalue weighted by molar-refractivity contribution is 5.37. The van der Waals surface area contributed by atoms with Crippen LogP contribution in [0.15, 0.2) is 41.2 Å². The van der Waals surface area contributed by atoms with Crippen molar-refractivity contribution in [2.24, 2.45) is 0 Å². The first-order valence-electron chi connectivity index (χ1n) is 8.77. The fourth-order valence-electron chi connectivity index (χ4n) is 3.22. The second kappa shape index (κ2) is 7.06. The lowest BCUT2D eigenvalue weighted by atomic mass is 10.1. The summed E-state index contributed by atoms with van der Waals surface area (Å²) in [5, 5.41) is 6.17. The second-order valence-electron chi connectivity index (χ2n) is 6.47. The van der Waals surface area contributed by atoms with Crippen molar-refractivity contribution in [3.05, 3.63) is 58.0 Å². The summed E-state index contributed by atoms with van der Waals surface area (Å²) in [6.07, 6.45) is 3.73. The molecule has 0 amide bonds. The Morgan fingerprint density at radius 2 is 1.88 bits per heavy atom. The smallest absolute Gasteiger partial charge is 0.274 e. The van der Waals surface area contributed by atoms with Gasteiger partial charge >= 0.3 is 0 Å². The second-order valence-corrected chi connectivity index (χ2v) is 6.47. The first-order chi connectivity index (χ1) is 12.3. The van der Waals surface area contributed by atoms with Gasteiger partial charge in [0.15, 0.2) is 0 Å². The van der Waals surface area contributed by atoms with Crippen LogP contribution in [-0.4, -0.2) is 37.6 Å². The highest BCUT2D eigenvalue weighted by Gasteiger charge is 2.13. The standard InChI is InChI=1S/C18H22N6O/c25-16-11-15(13-23-9-5-2-6-10-23)20-18-21-17(22-24(16)18)19-12-14-7-3-1-4-8-14/h1,3-4,7-8,11H,2,5-6,9-10,12-13H2,(H2,19,20,21,22). The zero-order chi connectivity index (χ0) is 17.1. The zero-order valence-corrected chi connectivity index (χ0v) is 14.1. The van der Waals surface area contributed by atoms with Crippen molar-refractivity contribution in [3.63, 3.8) is 0 Å². The molecule has 0 aliphatic carbocycles. The fraction of sp³-hybridized carbons (Fsp3) is 0.389. The Balaban J connectivity index is 1.51. The monoisotopic (exact) mass is 338 g/mol. The summed E-state index contributed by atoms with van der Waals surface area (Å²) in [6, 6.07) is 11.6. The summed E-state index contributed by atoms with van der Waals surface area (Å²) in [4.78, 5) is 23.6. The Kier molecular flexibility index (Phi) is 4.47. The van der Waals surface area contributed by atoms with Gasteiger partial charge in [-0.3, -0.25) is 14.8 Å². The van der Waals surface area contributed by atoms with Gasteiger partial charge in [0.05, 0.1) is 5.69 Å². The van der Waals surface area contributed by atoms with E-state index in [1.165, 1.54) is 23.8 Å². The van der Waals surface area contributed by atoms with E-state index >= 15 is 0 Å². The molecule has 130 valence electrons. The molecule has 0 bridgehead atoms. The maximum Gasteiger partial charge on any atom is 0.274 e. The van der Waals surface area contributed by atoms with Crippen molar-refractivity contribution in [1.29, 1.82) is 0 Å². The van der Waals surface area contributed by atoms with Crippen molar-refractivity contribution in [3.8, 4) is 0 Å². The van der Waals surface area contributed by atoms with E-state index in [0.717, 1.165) is 24.3 Å². The minimum atomic E-state index is -0.128. The van der Waals surface area contributed by atoms with Crippen LogP contribution in [0.3, 0.4) is 0 Å². The molecule has 1 aromatic carbocycles. The first kappa shape index (κ1) is 15.8. The van der Waals surface area contributed by atoms with Crippen molar-refractivity contribution in [1.82, 2.24) is 24.5 Å². The van der Waals surface area contributed by atoms with Gasteiger partial charge in [0.2, 0.25) is 5.95 Å². The van der Waals surface area contributed by atoms with E-state index in [1.807, 2.05) is 30.3 Å². The van der Waals surface area contributed by atoms with Gasteiger partial charge < -0.3 is 5.32 Å². The number of hydrogen-bond acceptors (Lipinski definition) is 5. The quantitative estimate of drug-likeness (QED) is 0.744. The Bertz CT molecular complexity index is 895. The van der Waals surface area contributed by atoms with Gasteiger partial charge in [0.1, 0.15) is 0 Å². The number of piperidine rings is 1. The topological polar surface area (TPSA) is 78.3 Å². The molecule has 7 heteroatoms. The maximum absolute atomic E-state index is 12.3. The number of likely N-dealkylation sites (tertiary alicyclic amines) is 1. The summed E-state index contributed by atoms with van der Waals surface area (Å²) in [5.74, 6) is 0.957. The van der Waals surface area contributed by atoms with Crippen LogP contribution in [0.1, 0.15) is 30.5 Å². The van der Waals surface area contributed by atoms with Crippen molar-refractivity contribution in [2.75, 3.05) is 18.4 Å². The van der Waals surface area contributed by atoms with E-state index in [1.54, 1.807) is 6.07 Å². The molecule has 1 aliphatic heterocycles. The SMILES string of the molecule is O=c1cc(CN2CCCCC2)nc2nc(NCc3ccccc3)[nH]n12. The number of benzene rings is 1. The Morgan fingerprint density at radius 1 is 1.08 bits per heavy atom. The molecule has 25 heavy (non-hydrogen) atoms. The molecule has 4 rings (SSSR count). The number of rotatable bonds is 5. The van der Waals surface area contributed by atoms with Crippen molar-refractivity contribution >= 4 is 11.7 Å². The molecule has 0 atom stereocenters. The number of H-pyrrole nitrogens is 1. The molecule has 2 aromatic heterocycles. The average Bonchev–Trinajstić information content (AvgIpc) is 3.05. The number of aromatic amines is 1. The summed E-state index contributed by atoms with van der Waals surface area (Å²) in [6.45, 7) is 3.50. The van der Waals surface area contributed by atoms with E-state index in [2.05, 4.69) is 25.3 Å². The molecule has 7 nitrogen and oxygen atoms in total. The number of nitrogens with one attached hydrogen (secondary N) is 2. The number of anilines is 1. The average molecular weight is 338 g/mol. The predicted octanol–water partition coefficient (Wildman–Crippen LogP) is 2.02. The lowest BCUT2D eigenvalue weighted by molar-refractivity contribution is 0.218. The third-order valence-electron chi connectivity index (χ3n) is 4.52. The normalized spacial score (nSPS) is 15.5. The van der Waals surface area contributed by atoms with Gasteiger partial charge in [0.25, 0.3) is 11.3 Å². The molecule has 1 fully saturated rings. The Hall–Kier alpha value is -2.67. The van der Waals surface area contributed by atoms with E-state index in [0.29, 0.717) is 24.8 Å². The Labute approximate surface area is 145 Å². The number of fused-ring (bicyclic) bond motifs is 1. The summed E-state index contributed by atoms with van der Waals surface area (Å²) in [5.41, 5.74) is 1.80. The lowest BCUT2D eigenvalue weighted by Gasteiger charge is -2.25.